The minimum Gasteiger partial charge on any atom is -0.340 e. The molecule has 0 spiro atoms. The molecule has 2 N–H and O–H groups in total. The Kier molecular flexibility index (Phi) is 14.3. The van der Waals surface area contributed by atoms with Crippen LogP contribution in [0.3, 0.4) is 0 Å². The third kappa shape index (κ3) is 9.95. The Labute approximate surface area is 368 Å². The Morgan fingerprint density at radius 2 is 1.30 bits per heavy atom. The van der Waals surface area contributed by atoms with E-state index in [1.54, 1.807) is 18.5 Å². The van der Waals surface area contributed by atoms with E-state index in [0.29, 0.717) is 53.8 Å². The van der Waals surface area contributed by atoms with Crippen LogP contribution in [0.4, 0.5) is 13.2 Å². The van der Waals surface area contributed by atoms with Crippen molar-refractivity contribution >= 4 is 11.8 Å². The van der Waals surface area contributed by atoms with Gasteiger partial charge >= 0.3 is 0 Å². The number of aromatic amines is 2. The molecule has 2 amide bonds. The van der Waals surface area contributed by atoms with E-state index in [-0.39, 0.29) is 18.4 Å². The van der Waals surface area contributed by atoms with Gasteiger partial charge in [-0.1, -0.05) is 126 Å². The molecule has 0 radical (unpaired) electrons. The van der Waals surface area contributed by atoms with Gasteiger partial charge in [0, 0.05) is 18.5 Å². The number of aromatic nitrogens is 4. The van der Waals surface area contributed by atoms with Crippen molar-refractivity contribution < 1.29 is 22.8 Å². The van der Waals surface area contributed by atoms with Gasteiger partial charge in [0.1, 0.15) is 29.5 Å². The van der Waals surface area contributed by atoms with E-state index >= 15 is 13.2 Å². The number of benzene rings is 4. The summed E-state index contributed by atoms with van der Waals surface area (Å²) in [5.41, 5.74) is 5.38. The monoisotopic (exact) mass is 858 g/mol. The van der Waals surface area contributed by atoms with Crippen molar-refractivity contribution in [3.63, 3.8) is 0 Å². The molecule has 3 atom stereocenters. The molecule has 0 saturated carbocycles. The van der Waals surface area contributed by atoms with Gasteiger partial charge in [-0.3, -0.25) is 19.4 Å². The molecule has 2 unspecified atom stereocenters. The normalized spacial score (nSPS) is 15.8. The van der Waals surface area contributed by atoms with Crippen LogP contribution in [0.25, 0.3) is 33.6 Å². The van der Waals surface area contributed by atoms with Crippen LogP contribution < -0.4 is 0 Å². The predicted molar refractivity (Wildman–Crippen MR) is 241 cm³/mol. The van der Waals surface area contributed by atoms with Gasteiger partial charge in [0.2, 0.25) is 11.8 Å². The van der Waals surface area contributed by atoms with Gasteiger partial charge in [-0.25, -0.2) is 23.1 Å². The van der Waals surface area contributed by atoms with E-state index in [4.69, 9.17) is 0 Å². The summed E-state index contributed by atoms with van der Waals surface area (Å²) in [7, 11) is 0. The number of alkyl halides is 2. The summed E-state index contributed by atoms with van der Waals surface area (Å²) >= 11 is 0. The minimum absolute atomic E-state index is 0.000511. The van der Waals surface area contributed by atoms with E-state index in [0.717, 1.165) is 41.8 Å². The molecule has 13 heteroatoms. The molecule has 7 rings (SSSR count). The lowest BCUT2D eigenvalue weighted by Gasteiger charge is -2.34. The van der Waals surface area contributed by atoms with Gasteiger partial charge in [-0.15, -0.1) is 0 Å². The number of nitrogens with zero attached hydrogens (tertiary/aromatic N) is 6. The number of carbonyl (C=O) groups excluding carboxylic acids is 2. The van der Waals surface area contributed by atoms with E-state index in [9.17, 15) is 9.59 Å². The molecule has 0 bridgehead atoms. The number of imidazole rings is 2. The highest BCUT2D eigenvalue weighted by molar-refractivity contribution is 5.84. The SMILES string of the molecule is CCCN(Cc1ncc(-c2ccc(-c3ccc(-c4cnc([C@@H]5CC(F)(F)CN5C(=O)C(c5ccccc5)N(CC)CC)[nH]4)cc3)cc2F)[nH]1)C(=O)C(c1ccccc1)N(CC)CC. The second kappa shape index (κ2) is 20.0. The Morgan fingerprint density at radius 1 is 0.730 bits per heavy atom. The van der Waals surface area contributed by atoms with Crippen molar-refractivity contribution in [3.05, 3.63) is 144 Å². The molecule has 0 aliphatic carbocycles. The van der Waals surface area contributed by atoms with Crippen LogP contribution in [0, 0.1) is 5.82 Å². The maximum Gasteiger partial charge on any atom is 0.267 e. The number of amides is 2. The van der Waals surface area contributed by atoms with Crippen LogP contribution in [0.2, 0.25) is 0 Å². The lowest BCUT2D eigenvalue weighted by molar-refractivity contribution is -0.139. The molecule has 330 valence electrons. The van der Waals surface area contributed by atoms with Crippen LogP contribution in [-0.2, 0) is 16.1 Å². The number of likely N-dealkylation sites (N-methyl/N-ethyl adjacent to an activating group) is 2. The van der Waals surface area contributed by atoms with Crippen molar-refractivity contribution in [1.82, 2.24) is 39.5 Å². The zero-order valence-corrected chi connectivity index (χ0v) is 36.7. The number of H-pyrrole nitrogens is 2. The zero-order valence-electron chi connectivity index (χ0n) is 36.7. The Bertz CT molecular complexity index is 2430. The standard InChI is InChI=1S/C50H57F3N8O2/c1-6-27-60(48(62)45(58(7-2)8-3)36-17-13-11-14-18-36)32-44-54-31-42(56-44)39-26-25-38(28-40(39)51)34-21-23-35(24-22-34)41-30-55-47(57-41)43-29-50(52,53)33-61(43)49(63)46(59(9-4)10-5)37-19-15-12-16-20-37/h11-26,28,30-31,43,45-46H,6-10,27,29,32-33H2,1-5H3,(H,54,56)(H,55,57)/t43-,45?,46?/m0/s1. The topological polar surface area (TPSA) is 104 Å². The molecule has 1 aliphatic heterocycles. The Balaban J connectivity index is 1.05. The van der Waals surface area contributed by atoms with Crippen molar-refractivity contribution in [2.45, 2.75) is 78.1 Å². The molecule has 1 fully saturated rings. The maximum atomic E-state index is 15.9. The van der Waals surface area contributed by atoms with E-state index in [2.05, 4.69) is 38.7 Å². The number of nitrogens with one attached hydrogen (secondary N) is 2. The number of rotatable bonds is 18. The highest BCUT2D eigenvalue weighted by Gasteiger charge is 2.50. The second-order valence-corrected chi connectivity index (χ2v) is 16.1. The fourth-order valence-corrected chi connectivity index (χ4v) is 8.80. The molecular weight excluding hydrogens is 802 g/mol. The molecule has 4 aromatic carbocycles. The van der Waals surface area contributed by atoms with Crippen molar-refractivity contribution in [2.24, 2.45) is 0 Å². The highest BCUT2D eigenvalue weighted by atomic mass is 19.3. The molecular formula is C50H57F3N8O2. The van der Waals surface area contributed by atoms with Crippen LogP contribution in [0.5, 0.6) is 0 Å². The summed E-state index contributed by atoms with van der Waals surface area (Å²) in [6.45, 7) is 12.8. The first-order valence-electron chi connectivity index (χ1n) is 22.0. The predicted octanol–water partition coefficient (Wildman–Crippen LogP) is 10.1. The first-order valence-corrected chi connectivity index (χ1v) is 22.0. The first kappa shape index (κ1) is 45.0. The van der Waals surface area contributed by atoms with E-state index in [1.165, 1.54) is 11.0 Å². The van der Waals surface area contributed by atoms with Crippen LogP contribution in [-0.4, -0.2) is 96.5 Å². The molecule has 1 saturated heterocycles. The zero-order chi connectivity index (χ0) is 44.7. The fourth-order valence-electron chi connectivity index (χ4n) is 8.80. The van der Waals surface area contributed by atoms with Gasteiger partial charge in [-0.05, 0) is 72.5 Å². The first-order chi connectivity index (χ1) is 30.5. The molecule has 10 nitrogen and oxygen atoms in total. The lowest BCUT2D eigenvalue weighted by atomic mass is 10.0. The van der Waals surface area contributed by atoms with Crippen LogP contribution >= 0.6 is 0 Å². The molecule has 1 aliphatic rings. The van der Waals surface area contributed by atoms with Gasteiger partial charge in [-0.2, -0.15) is 0 Å². The summed E-state index contributed by atoms with van der Waals surface area (Å²) < 4.78 is 46.1. The number of carbonyl (C=O) groups is 2. The molecule has 6 aromatic rings. The number of hydrogen-bond acceptors (Lipinski definition) is 6. The average molecular weight is 859 g/mol. The summed E-state index contributed by atoms with van der Waals surface area (Å²) in [4.78, 5) is 51.1. The van der Waals surface area contributed by atoms with E-state index < -0.39 is 42.8 Å². The van der Waals surface area contributed by atoms with Crippen LogP contribution in [0.15, 0.2) is 116 Å². The van der Waals surface area contributed by atoms with Crippen molar-refractivity contribution in [2.75, 3.05) is 39.3 Å². The average Bonchev–Trinajstić information content (AvgIpc) is 4.06. The smallest absolute Gasteiger partial charge is 0.267 e. The van der Waals surface area contributed by atoms with Gasteiger partial charge in [0.05, 0.1) is 42.9 Å². The third-order valence-electron chi connectivity index (χ3n) is 12.1. The highest BCUT2D eigenvalue weighted by Crippen LogP contribution is 2.43. The molecule has 63 heavy (non-hydrogen) atoms. The quantitative estimate of drug-likeness (QED) is 0.0892. The number of halogens is 3. The molecule has 3 heterocycles. The van der Waals surface area contributed by atoms with Crippen molar-refractivity contribution in [1.29, 1.82) is 0 Å². The summed E-state index contributed by atoms with van der Waals surface area (Å²) in [5.74, 6) is -3.02. The fraction of sp³-hybridized carbons (Fsp3) is 0.360. The molecule has 2 aromatic heterocycles. The second-order valence-electron chi connectivity index (χ2n) is 16.1. The summed E-state index contributed by atoms with van der Waals surface area (Å²) in [6.07, 6.45) is 3.44. The maximum absolute atomic E-state index is 15.9. The Hall–Kier alpha value is -6.05. The minimum atomic E-state index is -3.07. The van der Waals surface area contributed by atoms with Gasteiger partial charge in [0.25, 0.3) is 5.92 Å². The third-order valence-corrected chi connectivity index (χ3v) is 12.1. The number of likely N-dealkylation sites (tertiary alicyclic amines) is 1. The summed E-state index contributed by atoms with van der Waals surface area (Å²) in [6, 6.07) is 29.6. The van der Waals surface area contributed by atoms with E-state index in [1.807, 2.05) is 122 Å². The van der Waals surface area contributed by atoms with Gasteiger partial charge < -0.3 is 19.8 Å². The lowest BCUT2D eigenvalue weighted by Crippen LogP contribution is -2.43. The van der Waals surface area contributed by atoms with Crippen LogP contribution in [0.1, 0.15) is 88.4 Å². The number of hydrogen-bond donors (Lipinski definition) is 2. The van der Waals surface area contributed by atoms with Crippen molar-refractivity contribution in [3.8, 4) is 33.6 Å². The van der Waals surface area contributed by atoms with Gasteiger partial charge in [0.15, 0.2) is 0 Å². The largest absolute Gasteiger partial charge is 0.340 e. The summed E-state index contributed by atoms with van der Waals surface area (Å²) in [5, 5.41) is 0. The Morgan fingerprint density at radius 3 is 1.90 bits per heavy atom.